The third-order valence-corrected chi connectivity index (χ3v) is 4.65. The lowest BCUT2D eigenvalue weighted by atomic mass is 10.2. The zero-order valence-electron chi connectivity index (χ0n) is 10.5. The average molecular weight is 302 g/mol. The molecule has 2 N–H and O–H groups in total. The molecular weight excluding hydrogens is 286 g/mol. The van der Waals surface area contributed by atoms with Gasteiger partial charge in [-0.25, -0.2) is 13.1 Å². The van der Waals surface area contributed by atoms with Gasteiger partial charge in [0.05, 0.1) is 16.5 Å². The molecule has 0 amide bonds. The Morgan fingerprint density at radius 2 is 2.21 bits per heavy atom. The van der Waals surface area contributed by atoms with Gasteiger partial charge in [0.15, 0.2) is 0 Å². The standard InChI is InChI=1S/C12H15N3O2S.ClH/c1-9-2-3-10(7-13)6-12(9)18(16,17)15-11-4-5-14-8-11;/h2-3,6,11,14-15H,4-5,8H2,1H3;1H. The Labute approximate surface area is 119 Å². The van der Waals surface area contributed by atoms with Crippen LogP contribution in [0, 0.1) is 18.3 Å². The fraction of sp³-hybridized carbons (Fsp3) is 0.417. The molecule has 1 saturated heterocycles. The molecule has 0 spiro atoms. The Hall–Kier alpha value is -1.13. The van der Waals surface area contributed by atoms with E-state index in [1.54, 1.807) is 19.1 Å². The molecule has 0 bridgehead atoms. The Morgan fingerprint density at radius 3 is 2.79 bits per heavy atom. The monoisotopic (exact) mass is 301 g/mol. The van der Waals surface area contributed by atoms with Crippen LogP contribution in [0.4, 0.5) is 0 Å². The van der Waals surface area contributed by atoms with Crippen molar-refractivity contribution in [1.29, 1.82) is 5.26 Å². The maximum atomic E-state index is 12.2. The molecule has 0 saturated carbocycles. The maximum Gasteiger partial charge on any atom is 0.241 e. The van der Waals surface area contributed by atoms with E-state index in [4.69, 9.17) is 5.26 Å². The fourth-order valence-corrected chi connectivity index (χ4v) is 3.54. The van der Waals surface area contributed by atoms with Crippen molar-refractivity contribution < 1.29 is 8.42 Å². The Morgan fingerprint density at radius 1 is 1.47 bits per heavy atom. The SMILES string of the molecule is Cc1ccc(C#N)cc1S(=O)(=O)NC1CCNC1.Cl. The van der Waals surface area contributed by atoms with E-state index < -0.39 is 10.0 Å². The zero-order chi connectivity index (χ0) is 13.2. The first kappa shape index (κ1) is 15.9. The Kier molecular flexibility index (Phi) is 5.32. The first-order valence-corrected chi connectivity index (χ1v) is 7.25. The molecule has 1 unspecified atom stereocenters. The molecule has 5 nitrogen and oxygen atoms in total. The normalized spacial score (nSPS) is 18.6. The first-order valence-electron chi connectivity index (χ1n) is 5.77. The van der Waals surface area contributed by atoms with Crippen LogP contribution < -0.4 is 10.0 Å². The second-order valence-electron chi connectivity index (χ2n) is 4.40. The van der Waals surface area contributed by atoms with Crippen LogP contribution in [0.3, 0.4) is 0 Å². The zero-order valence-corrected chi connectivity index (χ0v) is 12.1. The van der Waals surface area contributed by atoms with Crippen molar-refractivity contribution in [3.63, 3.8) is 0 Å². The Balaban J connectivity index is 0.00000180. The summed E-state index contributed by atoms with van der Waals surface area (Å²) >= 11 is 0. The average Bonchev–Trinajstić information content (AvgIpc) is 2.81. The lowest BCUT2D eigenvalue weighted by Crippen LogP contribution is -2.36. The molecule has 1 atom stereocenters. The summed E-state index contributed by atoms with van der Waals surface area (Å²) in [6, 6.07) is 6.57. The van der Waals surface area contributed by atoms with Crippen molar-refractivity contribution in [2.75, 3.05) is 13.1 Å². The number of sulfonamides is 1. The van der Waals surface area contributed by atoms with E-state index in [1.165, 1.54) is 6.07 Å². The lowest BCUT2D eigenvalue weighted by Gasteiger charge is -2.13. The number of benzene rings is 1. The highest BCUT2D eigenvalue weighted by atomic mass is 35.5. The molecule has 1 heterocycles. The van der Waals surface area contributed by atoms with Gasteiger partial charge in [-0.3, -0.25) is 0 Å². The molecule has 2 rings (SSSR count). The second-order valence-corrected chi connectivity index (χ2v) is 6.09. The van der Waals surface area contributed by atoms with Crippen LogP contribution >= 0.6 is 12.4 Å². The molecule has 1 aromatic rings. The van der Waals surface area contributed by atoms with Crippen LogP contribution in [-0.4, -0.2) is 27.5 Å². The number of rotatable bonds is 3. The summed E-state index contributed by atoms with van der Waals surface area (Å²) in [4.78, 5) is 0.188. The lowest BCUT2D eigenvalue weighted by molar-refractivity contribution is 0.559. The van der Waals surface area contributed by atoms with Gasteiger partial charge in [-0.15, -0.1) is 12.4 Å². The third-order valence-electron chi connectivity index (χ3n) is 2.99. The van der Waals surface area contributed by atoms with Gasteiger partial charge >= 0.3 is 0 Å². The van der Waals surface area contributed by atoms with E-state index in [0.717, 1.165) is 13.0 Å². The van der Waals surface area contributed by atoms with Crippen molar-refractivity contribution >= 4 is 22.4 Å². The summed E-state index contributed by atoms with van der Waals surface area (Å²) in [6.07, 6.45) is 0.788. The number of hydrogen-bond acceptors (Lipinski definition) is 4. The van der Waals surface area contributed by atoms with E-state index in [9.17, 15) is 8.42 Å². The fourth-order valence-electron chi connectivity index (χ4n) is 2.00. The van der Waals surface area contributed by atoms with Crippen LogP contribution in [0.15, 0.2) is 23.1 Å². The van der Waals surface area contributed by atoms with Crippen LogP contribution in [0.2, 0.25) is 0 Å². The van der Waals surface area contributed by atoms with Crippen molar-refractivity contribution in [2.45, 2.75) is 24.3 Å². The van der Waals surface area contributed by atoms with Crippen LogP contribution in [0.25, 0.3) is 0 Å². The van der Waals surface area contributed by atoms with E-state index in [1.807, 2.05) is 6.07 Å². The van der Waals surface area contributed by atoms with Crippen LogP contribution in [-0.2, 0) is 10.0 Å². The minimum Gasteiger partial charge on any atom is -0.315 e. The minimum atomic E-state index is -3.55. The van der Waals surface area contributed by atoms with Crippen LogP contribution in [0.1, 0.15) is 17.5 Å². The topological polar surface area (TPSA) is 82.0 Å². The summed E-state index contributed by atoms with van der Waals surface area (Å²) in [5, 5.41) is 11.9. The molecule has 7 heteroatoms. The highest BCUT2D eigenvalue weighted by Crippen LogP contribution is 2.17. The smallest absolute Gasteiger partial charge is 0.241 e. The molecule has 1 aliphatic rings. The van der Waals surface area contributed by atoms with Gasteiger partial charge in [0.2, 0.25) is 10.0 Å². The molecule has 1 aliphatic heterocycles. The van der Waals surface area contributed by atoms with Gasteiger partial charge in [-0.05, 0) is 37.6 Å². The van der Waals surface area contributed by atoms with Crippen molar-refractivity contribution in [1.82, 2.24) is 10.0 Å². The highest BCUT2D eigenvalue weighted by molar-refractivity contribution is 7.89. The van der Waals surface area contributed by atoms with Gasteiger partial charge in [-0.2, -0.15) is 5.26 Å². The number of hydrogen-bond donors (Lipinski definition) is 2. The van der Waals surface area contributed by atoms with Gasteiger partial charge < -0.3 is 5.32 Å². The van der Waals surface area contributed by atoms with Crippen molar-refractivity contribution in [3.8, 4) is 6.07 Å². The predicted molar refractivity (Wildman–Crippen MR) is 74.7 cm³/mol. The number of nitrogens with one attached hydrogen (secondary N) is 2. The highest BCUT2D eigenvalue weighted by Gasteiger charge is 2.24. The molecular formula is C12H16ClN3O2S. The number of halogens is 1. The summed E-state index contributed by atoms with van der Waals surface area (Å²) in [7, 11) is -3.55. The van der Waals surface area contributed by atoms with Crippen LogP contribution in [0.5, 0.6) is 0 Å². The summed E-state index contributed by atoms with van der Waals surface area (Å²) in [5.74, 6) is 0. The van der Waals surface area contributed by atoms with Crippen molar-refractivity contribution in [3.05, 3.63) is 29.3 Å². The van der Waals surface area contributed by atoms with Gasteiger partial charge in [0, 0.05) is 12.6 Å². The minimum absolute atomic E-state index is 0. The summed E-state index contributed by atoms with van der Waals surface area (Å²) < 4.78 is 27.1. The van der Waals surface area contributed by atoms with E-state index in [0.29, 0.717) is 17.7 Å². The van der Waals surface area contributed by atoms with E-state index in [-0.39, 0.29) is 23.3 Å². The number of nitrogens with zero attached hydrogens (tertiary/aromatic N) is 1. The number of aryl methyl sites for hydroxylation is 1. The molecule has 0 aromatic heterocycles. The quantitative estimate of drug-likeness (QED) is 0.870. The van der Waals surface area contributed by atoms with Gasteiger partial charge in [0.25, 0.3) is 0 Å². The Bertz CT molecular complexity index is 589. The van der Waals surface area contributed by atoms with E-state index >= 15 is 0 Å². The molecule has 0 radical (unpaired) electrons. The maximum absolute atomic E-state index is 12.2. The summed E-state index contributed by atoms with van der Waals surface area (Å²) in [6.45, 7) is 3.20. The molecule has 104 valence electrons. The molecule has 1 aromatic carbocycles. The largest absolute Gasteiger partial charge is 0.315 e. The molecule has 19 heavy (non-hydrogen) atoms. The number of nitriles is 1. The van der Waals surface area contributed by atoms with Gasteiger partial charge in [-0.1, -0.05) is 6.07 Å². The third kappa shape index (κ3) is 3.67. The predicted octanol–water partition coefficient (Wildman–Crippen LogP) is 0.929. The molecule has 1 fully saturated rings. The summed E-state index contributed by atoms with van der Waals surface area (Å²) in [5.41, 5.74) is 0.998. The van der Waals surface area contributed by atoms with Crippen molar-refractivity contribution in [2.24, 2.45) is 0 Å². The van der Waals surface area contributed by atoms with Gasteiger partial charge in [0.1, 0.15) is 0 Å². The first-order chi connectivity index (χ1) is 8.53. The molecule has 0 aliphatic carbocycles. The van der Waals surface area contributed by atoms with E-state index in [2.05, 4.69) is 10.0 Å². The second kappa shape index (κ2) is 6.35.